The van der Waals surface area contributed by atoms with Crippen molar-refractivity contribution in [3.8, 4) is 0 Å². The number of fused-ring (bicyclic) bond motifs is 1. The third kappa shape index (κ3) is 2.02. The van der Waals surface area contributed by atoms with Gasteiger partial charge in [0.25, 0.3) is 0 Å². The molecule has 20 heavy (non-hydrogen) atoms. The van der Waals surface area contributed by atoms with Crippen molar-refractivity contribution in [3.05, 3.63) is 48.4 Å². The lowest BCUT2D eigenvalue weighted by Crippen LogP contribution is -2.12. The zero-order valence-corrected chi connectivity index (χ0v) is 11.6. The van der Waals surface area contributed by atoms with Gasteiger partial charge in [0.15, 0.2) is 5.82 Å². The Labute approximate surface area is 117 Å². The SMILES string of the molecule is CN(c1ccc(CN)cc1)c1nccc2c1ncn2C. The monoisotopic (exact) mass is 267 g/mol. The number of hydrogen-bond donors (Lipinski definition) is 1. The molecule has 0 saturated carbocycles. The second-order valence-corrected chi connectivity index (χ2v) is 4.79. The van der Waals surface area contributed by atoms with Crippen LogP contribution in [-0.4, -0.2) is 21.6 Å². The van der Waals surface area contributed by atoms with E-state index in [2.05, 4.69) is 9.97 Å². The van der Waals surface area contributed by atoms with Crippen LogP contribution in [0.5, 0.6) is 0 Å². The minimum Gasteiger partial charge on any atom is -0.334 e. The van der Waals surface area contributed by atoms with E-state index < -0.39 is 0 Å². The Morgan fingerprint density at radius 3 is 2.60 bits per heavy atom. The molecule has 0 radical (unpaired) electrons. The van der Waals surface area contributed by atoms with Gasteiger partial charge >= 0.3 is 0 Å². The first-order valence-electron chi connectivity index (χ1n) is 6.49. The Morgan fingerprint density at radius 2 is 1.90 bits per heavy atom. The molecule has 2 N–H and O–H groups in total. The molecule has 0 aliphatic rings. The quantitative estimate of drug-likeness (QED) is 0.790. The number of aryl methyl sites for hydroxylation is 1. The van der Waals surface area contributed by atoms with Crippen molar-refractivity contribution < 1.29 is 0 Å². The number of rotatable bonds is 3. The molecule has 5 nitrogen and oxygen atoms in total. The molecule has 0 saturated heterocycles. The van der Waals surface area contributed by atoms with Crippen LogP contribution in [-0.2, 0) is 13.6 Å². The van der Waals surface area contributed by atoms with E-state index in [9.17, 15) is 0 Å². The summed E-state index contributed by atoms with van der Waals surface area (Å²) in [7, 11) is 3.98. The van der Waals surface area contributed by atoms with Gasteiger partial charge in [0.1, 0.15) is 5.52 Å². The van der Waals surface area contributed by atoms with E-state index in [1.807, 2.05) is 60.1 Å². The Morgan fingerprint density at radius 1 is 1.15 bits per heavy atom. The van der Waals surface area contributed by atoms with Crippen LogP contribution in [0.4, 0.5) is 11.5 Å². The van der Waals surface area contributed by atoms with E-state index in [0.717, 1.165) is 28.1 Å². The molecule has 0 bridgehead atoms. The van der Waals surface area contributed by atoms with Gasteiger partial charge in [-0.1, -0.05) is 12.1 Å². The van der Waals surface area contributed by atoms with E-state index in [0.29, 0.717) is 6.54 Å². The fourth-order valence-corrected chi connectivity index (χ4v) is 2.27. The number of pyridine rings is 1. The highest BCUT2D eigenvalue weighted by Crippen LogP contribution is 2.27. The molecular formula is C15H17N5. The van der Waals surface area contributed by atoms with Crippen molar-refractivity contribution >= 4 is 22.5 Å². The fourth-order valence-electron chi connectivity index (χ4n) is 2.27. The standard InChI is InChI=1S/C15H17N5/c1-19-10-18-14-13(19)7-8-17-15(14)20(2)12-5-3-11(9-16)4-6-12/h3-8,10H,9,16H2,1-2H3. The zero-order valence-electron chi connectivity index (χ0n) is 11.6. The smallest absolute Gasteiger partial charge is 0.160 e. The lowest BCUT2D eigenvalue weighted by Gasteiger charge is -2.19. The van der Waals surface area contributed by atoms with Crippen LogP contribution in [0.1, 0.15) is 5.56 Å². The van der Waals surface area contributed by atoms with Crippen molar-refractivity contribution in [2.75, 3.05) is 11.9 Å². The summed E-state index contributed by atoms with van der Waals surface area (Å²) in [6, 6.07) is 10.1. The normalized spacial score (nSPS) is 10.9. The third-order valence-corrected chi connectivity index (χ3v) is 3.50. The molecule has 0 amide bonds. The summed E-state index contributed by atoms with van der Waals surface area (Å²) in [4.78, 5) is 10.9. The molecule has 3 aromatic rings. The third-order valence-electron chi connectivity index (χ3n) is 3.50. The highest BCUT2D eigenvalue weighted by atomic mass is 15.2. The number of benzene rings is 1. The van der Waals surface area contributed by atoms with Crippen LogP contribution in [0.25, 0.3) is 11.0 Å². The summed E-state index contributed by atoms with van der Waals surface area (Å²) in [5.41, 5.74) is 9.78. The van der Waals surface area contributed by atoms with E-state index in [1.165, 1.54) is 0 Å². The largest absolute Gasteiger partial charge is 0.334 e. The summed E-state index contributed by atoms with van der Waals surface area (Å²) in [6.07, 6.45) is 3.62. The van der Waals surface area contributed by atoms with Gasteiger partial charge in [-0.3, -0.25) is 0 Å². The fraction of sp³-hybridized carbons (Fsp3) is 0.200. The van der Waals surface area contributed by atoms with Crippen molar-refractivity contribution in [3.63, 3.8) is 0 Å². The number of aromatic nitrogens is 3. The predicted molar refractivity (Wildman–Crippen MR) is 80.9 cm³/mol. The summed E-state index contributed by atoms with van der Waals surface area (Å²) in [5.74, 6) is 0.851. The van der Waals surface area contributed by atoms with Crippen LogP contribution in [0, 0.1) is 0 Å². The molecule has 3 rings (SSSR count). The Bertz CT molecular complexity index is 730. The first kappa shape index (κ1) is 12.6. The first-order valence-corrected chi connectivity index (χ1v) is 6.49. The number of nitrogens with two attached hydrogens (primary N) is 1. The van der Waals surface area contributed by atoms with Gasteiger partial charge in [-0.05, 0) is 23.8 Å². The van der Waals surface area contributed by atoms with E-state index in [-0.39, 0.29) is 0 Å². The molecule has 0 atom stereocenters. The summed E-state index contributed by atoms with van der Waals surface area (Å²) in [5, 5.41) is 0. The molecule has 102 valence electrons. The maximum absolute atomic E-state index is 5.63. The maximum Gasteiger partial charge on any atom is 0.160 e. The van der Waals surface area contributed by atoms with Crippen LogP contribution >= 0.6 is 0 Å². The lowest BCUT2D eigenvalue weighted by molar-refractivity contribution is 0.947. The van der Waals surface area contributed by atoms with Crippen molar-refractivity contribution in [1.29, 1.82) is 0 Å². The highest BCUT2D eigenvalue weighted by molar-refractivity contribution is 5.88. The molecular weight excluding hydrogens is 250 g/mol. The molecule has 2 heterocycles. The second kappa shape index (κ2) is 4.94. The number of nitrogens with zero attached hydrogens (tertiary/aromatic N) is 4. The average Bonchev–Trinajstić information content (AvgIpc) is 2.88. The minimum absolute atomic E-state index is 0.554. The van der Waals surface area contributed by atoms with Gasteiger partial charge in [0.05, 0.1) is 11.8 Å². The van der Waals surface area contributed by atoms with E-state index >= 15 is 0 Å². The molecule has 1 aromatic carbocycles. The Hall–Kier alpha value is -2.40. The Kier molecular flexibility index (Phi) is 3.12. The predicted octanol–water partition coefficient (Wildman–Crippen LogP) is 2.19. The molecule has 0 spiro atoms. The van der Waals surface area contributed by atoms with Crippen molar-refractivity contribution in [1.82, 2.24) is 14.5 Å². The number of imidazole rings is 1. The molecule has 0 aliphatic carbocycles. The topological polar surface area (TPSA) is 60.0 Å². The highest BCUT2D eigenvalue weighted by Gasteiger charge is 2.12. The molecule has 2 aromatic heterocycles. The van der Waals surface area contributed by atoms with Crippen molar-refractivity contribution in [2.24, 2.45) is 12.8 Å². The molecule has 0 aliphatic heterocycles. The van der Waals surface area contributed by atoms with Crippen LogP contribution < -0.4 is 10.6 Å². The average molecular weight is 267 g/mol. The first-order chi connectivity index (χ1) is 9.70. The second-order valence-electron chi connectivity index (χ2n) is 4.79. The molecule has 0 unspecified atom stereocenters. The maximum atomic E-state index is 5.63. The zero-order chi connectivity index (χ0) is 14.1. The number of hydrogen-bond acceptors (Lipinski definition) is 4. The summed E-state index contributed by atoms with van der Waals surface area (Å²) in [6.45, 7) is 0.554. The lowest BCUT2D eigenvalue weighted by atomic mass is 10.2. The van der Waals surface area contributed by atoms with Gasteiger partial charge in [0, 0.05) is 32.5 Å². The van der Waals surface area contributed by atoms with E-state index in [1.54, 1.807) is 6.33 Å². The van der Waals surface area contributed by atoms with Gasteiger partial charge in [-0.15, -0.1) is 0 Å². The molecule has 5 heteroatoms. The van der Waals surface area contributed by atoms with Crippen molar-refractivity contribution in [2.45, 2.75) is 6.54 Å². The summed E-state index contributed by atoms with van der Waals surface area (Å²) < 4.78 is 1.99. The van der Waals surface area contributed by atoms with Gasteiger partial charge < -0.3 is 15.2 Å². The van der Waals surface area contributed by atoms with Crippen LogP contribution in [0.3, 0.4) is 0 Å². The number of anilines is 2. The summed E-state index contributed by atoms with van der Waals surface area (Å²) >= 11 is 0. The molecule has 0 fully saturated rings. The van der Waals surface area contributed by atoms with Gasteiger partial charge in [0.2, 0.25) is 0 Å². The van der Waals surface area contributed by atoms with Crippen LogP contribution in [0.15, 0.2) is 42.9 Å². The minimum atomic E-state index is 0.554. The Balaban J connectivity index is 2.05. The van der Waals surface area contributed by atoms with Gasteiger partial charge in [-0.25, -0.2) is 9.97 Å². The van der Waals surface area contributed by atoms with Crippen LogP contribution in [0.2, 0.25) is 0 Å². The van der Waals surface area contributed by atoms with Gasteiger partial charge in [-0.2, -0.15) is 0 Å². The van der Waals surface area contributed by atoms with E-state index in [4.69, 9.17) is 5.73 Å².